The molecular formula is C15H14N4O2. The first-order valence-electron chi connectivity index (χ1n) is 6.53. The predicted octanol–water partition coefficient (Wildman–Crippen LogP) is 2.35. The van der Waals surface area contributed by atoms with Crippen molar-refractivity contribution in [1.82, 2.24) is 20.1 Å². The number of carbonyl (C=O) groups is 1. The molecule has 1 amide bonds. The van der Waals surface area contributed by atoms with Gasteiger partial charge in [-0.2, -0.15) is 5.10 Å². The van der Waals surface area contributed by atoms with E-state index in [1.807, 2.05) is 31.2 Å². The summed E-state index contributed by atoms with van der Waals surface area (Å²) in [6.07, 6.45) is 4.60. The molecule has 6 heteroatoms. The molecule has 3 aromatic rings. The Kier molecular flexibility index (Phi) is 3.51. The Bertz CT molecular complexity index is 703. The minimum absolute atomic E-state index is 0.118. The molecule has 0 aliphatic rings. The second kappa shape index (κ2) is 5.62. The monoisotopic (exact) mass is 282 g/mol. The summed E-state index contributed by atoms with van der Waals surface area (Å²) in [6.45, 7) is 1.92. The van der Waals surface area contributed by atoms with Crippen LogP contribution in [-0.2, 0) is 0 Å². The van der Waals surface area contributed by atoms with Gasteiger partial charge in [0.2, 0.25) is 0 Å². The van der Waals surface area contributed by atoms with Crippen LogP contribution in [0.4, 0.5) is 0 Å². The van der Waals surface area contributed by atoms with E-state index in [0.29, 0.717) is 5.76 Å². The molecule has 1 unspecified atom stereocenters. The van der Waals surface area contributed by atoms with E-state index in [1.165, 1.54) is 12.6 Å². The van der Waals surface area contributed by atoms with Crippen molar-refractivity contribution in [2.45, 2.75) is 13.0 Å². The summed E-state index contributed by atoms with van der Waals surface area (Å²) < 4.78 is 6.75. The van der Waals surface area contributed by atoms with Crippen molar-refractivity contribution >= 4 is 5.91 Å². The van der Waals surface area contributed by atoms with Gasteiger partial charge in [0.05, 0.1) is 18.0 Å². The number of aromatic nitrogens is 3. The molecule has 21 heavy (non-hydrogen) atoms. The lowest BCUT2D eigenvalue weighted by molar-refractivity contribution is 0.0912. The zero-order valence-electron chi connectivity index (χ0n) is 11.4. The normalized spacial score (nSPS) is 12.0. The van der Waals surface area contributed by atoms with Gasteiger partial charge in [-0.25, -0.2) is 9.67 Å². The van der Waals surface area contributed by atoms with Crippen LogP contribution in [0.5, 0.6) is 0 Å². The second-order valence-corrected chi connectivity index (χ2v) is 4.60. The molecule has 0 saturated heterocycles. The van der Waals surface area contributed by atoms with E-state index in [4.69, 9.17) is 4.42 Å². The van der Waals surface area contributed by atoms with E-state index in [-0.39, 0.29) is 11.9 Å². The van der Waals surface area contributed by atoms with Gasteiger partial charge >= 0.3 is 0 Å². The van der Waals surface area contributed by atoms with Gasteiger partial charge in [0.1, 0.15) is 12.7 Å². The van der Waals surface area contributed by atoms with Crippen LogP contribution in [0.1, 0.15) is 29.1 Å². The summed E-state index contributed by atoms with van der Waals surface area (Å²) in [4.78, 5) is 15.8. The predicted molar refractivity (Wildman–Crippen MR) is 75.9 cm³/mol. The fourth-order valence-corrected chi connectivity index (χ4v) is 2.02. The average Bonchev–Trinajstić information content (AvgIpc) is 3.20. The quantitative estimate of drug-likeness (QED) is 0.797. The van der Waals surface area contributed by atoms with E-state index in [1.54, 1.807) is 23.1 Å². The Labute approximate surface area is 121 Å². The highest BCUT2D eigenvalue weighted by Crippen LogP contribution is 2.16. The van der Waals surface area contributed by atoms with Crippen LogP contribution in [0, 0.1) is 0 Å². The van der Waals surface area contributed by atoms with Gasteiger partial charge in [-0.15, -0.1) is 0 Å². The molecule has 6 nitrogen and oxygen atoms in total. The Morgan fingerprint density at radius 3 is 2.71 bits per heavy atom. The summed E-state index contributed by atoms with van der Waals surface area (Å²) >= 11 is 0. The number of benzene rings is 1. The molecule has 2 aromatic heterocycles. The molecule has 1 atom stereocenters. The Balaban J connectivity index is 1.70. The summed E-state index contributed by atoms with van der Waals surface area (Å²) in [5, 5.41) is 6.95. The van der Waals surface area contributed by atoms with Crippen LogP contribution in [0.25, 0.3) is 5.69 Å². The number of rotatable bonds is 4. The van der Waals surface area contributed by atoms with Gasteiger partial charge < -0.3 is 9.73 Å². The van der Waals surface area contributed by atoms with Crippen LogP contribution in [0.15, 0.2) is 59.7 Å². The van der Waals surface area contributed by atoms with Gasteiger partial charge in [0.15, 0.2) is 5.76 Å². The van der Waals surface area contributed by atoms with Gasteiger partial charge in [-0.05, 0) is 36.8 Å². The molecule has 0 fully saturated rings. The van der Waals surface area contributed by atoms with Gasteiger partial charge in [-0.3, -0.25) is 4.79 Å². The largest absolute Gasteiger partial charge is 0.459 e. The molecule has 0 saturated carbocycles. The number of amides is 1. The van der Waals surface area contributed by atoms with E-state index in [2.05, 4.69) is 15.4 Å². The van der Waals surface area contributed by atoms with Crippen molar-refractivity contribution in [1.29, 1.82) is 0 Å². The van der Waals surface area contributed by atoms with E-state index in [9.17, 15) is 4.79 Å². The first kappa shape index (κ1) is 13.1. The van der Waals surface area contributed by atoms with Crippen molar-refractivity contribution in [3.05, 3.63) is 66.6 Å². The number of hydrogen-bond acceptors (Lipinski definition) is 4. The number of furan rings is 1. The van der Waals surface area contributed by atoms with Crippen molar-refractivity contribution in [3.8, 4) is 5.69 Å². The average molecular weight is 282 g/mol. The highest BCUT2D eigenvalue weighted by atomic mass is 16.3. The lowest BCUT2D eigenvalue weighted by Crippen LogP contribution is -2.26. The maximum Gasteiger partial charge on any atom is 0.287 e. The summed E-state index contributed by atoms with van der Waals surface area (Å²) in [6, 6.07) is 11.0. The fourth-order valence-electron chi connectivity index (χ4n) is 2.02. The fraction of sp³-hybridized carbons (Fsp3) is 0.133. The highest BCUT2D eigenvalue weighted by molar-refractivity contribution is 5.91. The maximum atomic E-state index is 11.9. The van der Waals surface area contributed by atoms with Crippen molar-refractivity contribution in [2.24, 2.45) is 0 Å². The molecule has 2 heterocycles. The smallest absolute Gasteiger partial charge is 0.287 e. The first-order chi connectivity index (χ1) is 10.2. The van der Waals surface area contributed by atoms with Gasteiger partial charge in [0, 0.05) is 0 Å². The Morgan fingerprint density at radius 2 is 2.10 bits per heavy atom. The Morgan fingerprint density at radius 1 is 1.29 bits per heavy atom. The number of hydrogen-bond donors (Lipinski definition) is 1. The minimum atomic E-state index is -0.229. The minimum Gasteiger partial charge on any atom is -0.459 e. The van der Waals surface area contributed by atoms with E-state index in [0.717, 1.165) is 11.3 Å². The lowest BCUT2D eigenvalue weighted by Gasteiger charge is -2.13. The van der Waals surface area contributed by atoms with Crippen LogP contribution >= 0.6 is 0 Å². The van der Waals surface area contributed by atoms with E-state index < -0.39 is 0 Å². The number of carbonyl (C=O) groups excluding carboxylic acids is 1. The molecule has 0 aliphatic carbocycles. The standard InChI is InChI=1S/C15H14N4O2/c1-11(18-15(20)14-3-2-8-21-14)12-4-6-13(7-5-12)19-10-16-9-17-19/h2-11H,1H3,(H,18,20). The molecule has 0 radical (unpaired) electrons. The maximum absolute atomic E-state index is 11.9. The zero-order chi connectivity index (χ0) is 14.7. The number of nitrogens with one attached hydrogen (secondary N) is 1. The summed E-state index contributed by atoms with van der Waals surface area (Å²) in [5.74, 6) is 0.0777. The topological polar surface area (TPSA) is 73.0 Å². The summed E-state index contributed by atoms with van der Waals surface area (Å²) in [7, 11) is 0. The lowest BCUT2D eigenvalue weighted by atomic mass is 10.1. The van der Waals surface area contributed by atoms with Crippen LogP contribution in [0.3, 0.4) is 0 Å². The molecule has 1 aromatic carbocycles. The number of nitrogens with zero attached hydrogens (tertiary/aromatic N) is 3. The molecular weight excluding hydrogens is 268 g/mol. The van der Waals surface area contributed by atoms with E-state index >= 15 is 0 Å². The highest BCUT2D eigenvalue weighted by Gasteiger charge is 2.13. The van der Waals surface area contributed by atoms with Crippen LogP contribution in [-0.4, -0.2) is 20.7 Å². The first-order valence-corrected chi connectivity index (χ1v) is 6.53. The van der Waals surface area contributed by atoms with Crippen molar-refractivity contribution in [2.75, 3.05) is 0 Å². The summed E-state index contributed by atoms with van der Waals surface area (Å²) in [5.41, 5.74) is 1.92. The molecule has 1 N–H and O–H groups in total. The molecule has 0 bridgehead atoms. The third kappa shape index (κ3) is 2.84. The molecule has 106 valence electrons. The van der Waals surface area contributed by atoms with Crippen molar-refractivity contribution in [3.63, 3.8) is 0 Å². The molecule has 0 spiro atoms. The van der Waals surface area contributed by atoms with Gasteiger partial charge in [0.25, 0.3) is 5.91 Å². The molecule has 0 aliphatic heterocycles. The molecule has 3 rings (SSSR count). The van der Waals surface area contributed by atoms with Crippen molar-refractivity contribution < 1.29 is 9.21 Å². The SMILES string of the molecule is CC(NC(=O)c1ccco1)c1ccc(-n2cncn2)cc1. The van der Waals surface area contributed by atoms with Crippen LogP contribution < -0.4 is 5.32 Å². The Hall–Kier alpha value is -2.89. The third-order valence-corrected chi connectivity index (χ3v) is 3.17. The second-order valence-electron chi connectivity index (χ2n) is 4.60. The zero-order valence-corrected chi connectivity index (χ0v) is 11.4. The third-order valence-electron chi connectivity index (χ3n) is 3.17. The van der Waals surface area contributed by atoms with Crippen LogP contribution in [0.2, 0.25) is 0 Å². The van der Waals surface area contributed by atoms with Gasteiger partial charge in [-0.1, -0.05) is 12.1 Å².